The Hall–Kier alpha value is -7.83. The molecule has 3 aliphatic heterocycles. The molecule has 39 heteroatoms. The number of nitrogens with one attached hydrogen (secondary N) is 6. The lowest BCUT2D eigenvalue weighted by Gasteiger charge is -2.18. The van der Waals surface area contributed by atoms with Gasteiger partial charge in [0.2, 0.25) is 35.4 Å². The SMILES string of the molecule is O=C(CCCCCCCNC(=O)CCOCC(COCCC(=O)NCCCCCCCC(=O)NCCOCCOCCOCCC(=O)ON1C(=O)CCC1=O)COCCC(=O)NCCCCCCCC(=O)NCCOCCOCCOCCC(=O)ON1C(=O)CCC1=O)NCCOCCOCCOCCC(=O)ON1C(=O)CCC1=O. The highest BCUT2D eigenvalue weighted by Crippen LogP contribution is 2.16. The molecule has 12 amide bonds. The van der Waals surface area contributed by atoms with Crippen molar-refractivity contribution in [1.29, 1.82) is 0 Å². The van der Waals surface area contributed by atoms with Crippen molar-refractivity contribution in [3.05, 3.63) is 0 Å². The van der Waals surface area contributed by atoms with Gasteiger partial charge in [-0.2, -0.15) is 0 Å². The van der Waals surface area contributed by atoms with Gasteiger partial charge in [0.05, 0.1) is 178 Å². The van der Waals surface area contributed by atoms with Crippen LogP contribution in [-0.2, 0) is 143 Å². The highest BCUT2D eigenvalue weighted by atomic mass is 16.7. The van der Waals surface area contributed by atoms with Crippen LogP contribution < -0.4 is 31.9 Å². The monoisotopic (exact) mass is 1650 g/mol. The van der Waals surface area contributed by atoms with Gasteiger partial charge in [-0.05, 0) is 38.5 Å². The zero-order valence-corrected chi connectivity index (χ0v) is 67.1. The van der Waals surface area contributed by atoms with Crippen LogP contribution >= 0.6 is 0 Å². The zero-order valence-electron chi connectivity index (χ0n) is 67.1. The lowest BCUT2D eigenvalue weighted by atomic mass is 10.1. The van der Waals surface area contributed by atoms with Crippen molar-refractivity contribution >= 4 is 88.8 Å². The van der Waals surface area contributed by atoms with Crippen molar-refractivity contribution in [1.82, 2.24) is 47.1 Å². The summed E-state index contributed by atoms with van der Waals surface area (Å²) in [7, 11) is 0. The first-order valence-corrected chi connectivity index (χ1v) is 40.6. The Bertz CT molecular complexity index is 2490. The molecule has 3 fully saturated rings. The summed E-state index contributed by atoms with van der Waals surface area (Å²) in [6, 6.07) is 0. The largest absolute Gasteiger partial charge is 0.380 e. The van der Waals surface area contributed by atoms with Crippen LogP contribution in [0.15, 0.2) is 0 Å². The summed E-state index contributed by atoms with van der Waals surface area (Å²) in [5, 5.41) is 18.8. The van der Waals surface area contributed by atoms with E-state index in [9.17, 15) is 71.9 Å². The maximum Gasteiger partial charge on any atom is 0.335 e. The lowest BCUT2D eigenvalue weighted by Crippen LogP contribution is -2.32. The molecule has 3 aliphatic rings. The van der Waals surface area contributed by atoms with E-state index in [1.807, 2.05) is 0 Å². The molecule has 0 aromatic heterocycles. The topological polar surface area (TPSA) is 476 Å². The standard InChI is InChI=1S/C76H127N9O30/c86-62(80-34-43-104-49-55-107-52-46-101-40-28-74(98)113-83-68(92)19-20-69(83)93)16-10-4-1-7-13-31-77-65(89)25-37-110-58-61(59-111-38-26-66(90)78-32-14-8-2-5-11-17-63(87)81-35-44-105-50-56-108-53-47-102-41-29-75(99)114-84-70(94)21-22-71(84)95)60-112-39-27-67(91)79-33-15-9-3-6-12-18-64(88)82-36-45-106-51-57-109-54-48-103-42-30-76(100)115-85-72(96)23-24-73(85)97/h61H,1-60H2,(H,77,89)(H,78,90)(H,79,91)(H,80,86)(H,81,87)(H,82,88). The van der Waals surface area contributed by atoms with Crippen LogP contribution in [-0.4, -0.2) is 302 Å². The fourth-order valence-electron chi connectivity index (χ4n) is 10.7. The fraction of sp³-hybridized carbons (Fsp3) is 0.803. The van der Waals surface area contributed by atoms with Crippen LogP contribution in [0, 0.1) is 5.92 Å². The Labute approximate surface area is 673 Å². The average Bonchev–Trinajstić information content (AvgIpc) is 1.75. The molecular formula is C76H127N9O30. The van der Waals surface area contributed by atoms with Gasteiger partial charge in [-0.1, -0.05) is 57.8 Å². The summed E-state index contributed by atoms with van der Waals surface area (Å²) in [5.41, 5.74) is 0. The minimum absolute atomic E-state index is 0.0237. The lowest BCUT2D eigenvalue weighted by molar-refractivity contribution is -0.198. The summed E-state index contributed by atoms with van der Waals surface area (Å²) in [4.78, 5) is 194. The summed E-state index contributed by atoms with van der Waals surface area (Å²) < 4.78 is 66.4. The Kier molecular flexibility index (Phi) is 61.1. The molecule has 6 N–H and O–H groups in total. The number of carbonyl (C=O) groups is 15. The van der Waals surface area contributed by atoms with Crippen molar-refractivity contribution in [3.63, 3.8) is 0 Å². The van der Waals surface area contributed by atoms with E-state index in [4.69, 9.17) is 71.4 Å². The van der Waals surface area contributed by atoms with Gasteiger partial charge in [0.1, 0.15) is 0 Å². The molecule has 656 valence electrons. The number of amides is 12. The van der Waals surface area contributed by atoms with Crippen molar-refractivity contribution < 1.29 is 143 Å². The number of rotatable bonds is 78. The number of unbranched alkanes of at least 4 members (excludes halogenated alkanes) is 12. The van der Waals surface area contributed by atoms with Crippen LogP contribution in [0.2, 0.25) is 0 Å². The molecule has 3 saturated heterocycles. The number of hydrogen-bond acceptors (Lipinski definition) is 30. The van der Waals surface area contributed by atoms with Crippen molar-refractivity contribution in [2.75, 3.05) is 198 Å². The van der Waals surface area contributed by atoms with Crippen LogP contribution in [0.4, 0.5) is 0 Å². The van der Waals surface area contributed by atoms with E-state index in [-0.39, 0.29) is 218 Å². The van der Waals surface area contributed by atoms with Gasteiger partial charge in [-0.25, -0.2) is 14.4 Å². The maximum absolute atomic E-state index is 12.7. The van der Waals surface area contributed by atoms with Gasteiger partial charge < -0.3 is 103 Å². The summed E-state index contributed by atoms with van der Waals surface area (Å²) in [5.74, 6) is -6.32. The van der Waals surface area contributed by atoms with Gasteiger partial charge >= 0.3 is 17.9 Å². The Morgan fingerprint density at radius 3 is 0.661 bits per heavy atom. The normalized spacial score (nSPS) is 13.5. The minimum Gasteiger partial charge on any atom is -0.380 e. The van der Waals surface area contributed by atoms with Gasteiger partial charge in [0, 0.05) is 122 Å². The van der Waals surface area contributed by atoms with Crippen LogP contribution in [0.5, 0.6) is 0 Å². The van der Waals surface area contributed by atoms with Gasteiger partial charge in [0.15, 0.2) is 0 Å². The predicted octanol–water partition coefficient (Wildman–Crippen LogP) is 1.68. The maximum atomic E-state index is 12.7. The third-order valence-corrected chi connectivity index (χ3v) is 17.1. The second-order valence-corrected chi connectivity index (χ2v) is 26.9. The van der Waals surface area contributed by atoms with Gasteiger partial charge in [-0.3, -0.25) is 57.5 Å². The molecule has 0 spiro atoms. The molecule has 39 nitrogen and oxygen atoms in total. The number of hydrogen-bond donors (Lipinski definition) is 6. The first kappa shape index (κ1) is 101. The highest BCUT2D eigenvalue weighted by Gasteiger charge is 2.35. The quantitative estimate of drug-likeness (QED) is 0.0373. The smallest absolute Gasteiger partial charge is 0.335 e. The van der Waals surface area contributed by atoms with E-state index in [2.05, 4.69) is 31.9 Å². The Balaban J connectivity index is 1.17. The molecule has 0 unspecified atom stereocenters. The molecular weight excluding hydrogens is 1520 g/mol. The first-order chi connectivity index (χ1) is 55.9. The number of ether oxygens (including phenoxy) is 12. The van der Waals surface area contributed by atoms with E-state index in [1.165, 1.54) is 0 Å². The third-order valence-electron chi connectivity index (χ3n) is 17.1. The molecule has 0 saturated carbocycles. The third kappa shape index (κ3) is 57.0. The van der Waals surface area contributed by atoms with Crippen LogP contribution in [0.3, 0.4) is 0 Å². The number of hydroxylamine groups is 6. The molecule has 0 bridgehead atoms. The van der Waals surface area contributed by atoms with E-state index in [0.29, 0.717) is 133 Å². The van der Waals surface area contributed by atoms with Crippen molar-refractivity contribution in [2.45, 2.75) is 193 Å². The molecule has 115 heavy (non-hydrogen) atoms. The zero-order chi connectivity index (χ0) is 83.2. The second-order valence-electron chi connectivity index (χ2n) is 26.9. The highest BCUT2D eigenvalue weighted by molar-refractivity contribution is 6.03. The minimum atomic E-state index is -0.737. The molecule has 0 aromatic carbocycles. The van der Waals surface area contributed by atoms with Gasteiger partial charge in [0.25, 0.3) is 35.4 Å². The number of nitrogens with zero attached hydrogens (tertiary/aromatic N) is 3. The Morgan fingerprint density at radius 1 is 0.217 bits per heavy atom. The van der Waals surface area contributed by atoms with Crippen molar-refractivity contribution in [2.24, 2.45) is 5.92 Å². The molecule has 0 radical (unpaired) electrons. The summed E-state index contributed by atoms with van der Waals surface area (Å²) >= 11 is 0. The summed E-state index contributed by atoms with van der Waals surface area (Å²) in [6.07, 6.45) is 14.0. The van der Waals surface area contributed by atoms with E-state index < -0.39 is 53.4 Å². The van der Waals surface area contributed by atoms with Crippen LogP contribution in [0.1, 0.15) is 193 Å². The molecule has 0 aliphatic carbocycles. The molecule has 3 rings (SSSR count). The average molecular weight is 1650 g/mol. The predicted molar refractivity (Wildman–Crippen MR) is 404 cm³/mol. The molecule has 3 heterocycles. The van der Waals surface area contributed by atoms with Crippen molar-refractivity contribution in [3.8, 4) is 0 Å². The van der Waals surface area contributed by atoms with Gasteiger partial charge in [-0.15, -0.1) is 15.2 Å². The molecule has 0 atom stereocenters. The number of imide groups is 3. The second kappa shape index (κ2) is 69.3. The summed E-state index contributed by atoms with van der Waals surface area (Å²) in [6.45, 7) is 8.30. The first-order valence-electron chi connectivity index (χ1n) is 40.6. The van der Waals surface area contributed by atoms with E-state index in [0.717, 1.165) is 96.3 Å². The molecule has 0 aromatic rings. The van der Waals surface area contributed by atoms with E-state index in [1.54, 1.807) is 0 Å². The fourth-order valence-corrected chi connectivity index (χ4v) is 10.7. The van der Waals surface area contributed by atoms with Crippen LogP contribution in [0.25, 0.3) is 0 Å². The Morgan fingerprint density at radius 2 is 0.409 bits per heavy atom. The van der Waals surface area contributed by atoms with E-state index >= 15 is 0 Å². The number of carbonyl (C=O) groups excluding carboxylic acids is 15.